The summed E-state index contributed by atoms with van der Waals surface area (Å²) < 4.78 is 18.4. The lowest BCUT2D eigenvalue weighted by Crippen LogP contribution is -2.06. The minimum absolute atomic E-state index is 0.208. The van der Waals surface area contributed by atoms with Gasteiger partial charge in [0.1, 0.15) is 11.6 Å². The Labute approximate surface area is 124 Å². The van der Waals surface area contributed by atoms with Crippen molar-refractivity contribution >= 4 is 11.4 Å². The molecule has 0 aliphatic carbocycles. The third kappa shape index (κ3) is 4.99. The summed E-state index contributed by atoms with van der Waals surface area (Å²) in [6, 6.07) is 12.2. The highest BCUT2D eigenvalue weighted by molar-refractivity contribution is 5.59. The Morgan fingerprint density at radius 1 is 1.14 bits per heavy atom. The van der Waals surface area contributed by atoms with Crippen LogP contribution in [-0.4, -0.2) is 13.2 Å². The molecule has 0 saturated carbocycles. The van der Waals surface area contributed by atoms with Gasteiger partial charge in [-0.25, -0.2) is 4.39 Å². The Morgan fingerprint density at radius 2 is 1.90 bits per heavy atom. The Balaban J connectivity index is 1.90. The summed E-state index contributed by atoms with van der Waals surface area (Å²) in [5.74, 6) is 0.571. The molecule has 21 heavy (non-hydrogen) atoms. The molecule has 0 atom stereocenters. The first-order chi connectivity index (χ1) is 10.2. The maximum Gasteiger partial charge on any atom is 0.123 e. The minimum Gasteiger partial charge on any atom is -0.493 e. The van der Waals surface area contributed by atoms with E-state index >= 15 is 0 Å². The summed E-state index contributed by atoms with van der Waals surface area (Å²) in [6.45, 7) is 3.49. The predicted molar refractivity (Wildman–Crippen MR) is 85.2 cm³/mol. The number of rotatable bonds is 7. The van der Waals surface area contributed by atoms with Gasteiger partial charge in [-0.05, 0) is 36.6 Å². The number of hydrogen-bond acceptors (Lipinski definition) is 3. The number of halogens is 1. The van der Waals surface area contributed by atoms with Gasteiger partial charge in [-0.3, -0.25) is 0 Å². The average molecular weight is 288 g/mol. The highest BCUT2D eigenvalue weighted by atomic mass is 19.1. The van der Waals surface area contributed by atoms with Crippen LogP contribution in [0.4, 0.5) is 15.8 Å². The smallest absolute Gasteiger partial charge is 0.123 e. The van der Waals surface area contributed by atoms with Crippen LogP contribution in [0.15, 0.2) is 42.5 Å². The van der Waals surface area contributed by atoms with Gasteiger partial charge in [-0.1, -0.05) is 19.1 Å². The second-order valence-corrected chi connectivity index (χ2v) is 4.94. The van der Waals surface area contributed by atoms with Crippen molar-refractivity contribution in [3.8, 4) is 5.75 Å². The standard InChI is InChI=1S/C17H21FN2O/c1-2-9-21-17-11-15(19)10-16(12-17)20-8-7-13-3-5-14(18)6-4-13/h3-6,10-12,20H,2,7-9,19H2,1H3. The lowest BCUT2D eigenvalue weighted by Gasteiger charge is -2.11. The highest BCUT2D eigenvalue weighted by Gasteiger charge is 2.00. The first kappa shape index (κ1) is 15.2. The Hall–Kier alpha value is -2.23. The Bertz CT molecular complexity index is 570. The predicted octanol–water partition coefficient (Wildman–Crippen LogP) is 3.85. The molecule has 3 nitrogen and oxygen atoms in total. The zero-order valence-corrected chi connectivity index (χ0v) is 12.2. The summed E-state index contributed by atoms with van der Waals surface area (Å²) in [7, 11) is 0. The van der Waals surface area contributed by atoms with Gasteiger partial charge >= 0.3 is 0 Å². The normalized spacial score (nSPS) is 10.4. The van der Waals surface area contributed by atoms with E-state index in [0.717, 1.165) is 36.4 Å². The molecule has 0 amide bonds. The van der Waals surface area contributed by atoms with Gasteiger partial charge in [0.25, 0.3) is 0 Å². The minimum atomic E-state index is -0.208. The summed E-state index contributed by atoms with van der Waals surface area (Å²) in [4.78, 5) is 0. The van der Waals surface area contributed by atoms with Gasteiger partial charge in [0.2, 0.25) is 0 Å². The molecule has 0 bridgehead atoms. The first-order valence-corrected chi connectivity index (χ1v) is 7.19. The lowest BCUT2D eigenvalue weighted by molar-refractivity contribution is 0.318. The molecule has 112 valence electrons. The van der Waals surface area contributed by atoms with Crippen molar-refractivity contribution in [3.05, 3.63) is 53.8 Å². The number of ether oxygens (including phenoxy) is 1. The third-order valence-corrected chi connectivity index (χ3v) is 3.06. The molecule has 2 aromatic rings. The maximum atomic E-state index is 12.8. The van der Waals surface area contributed by atoms with E-state index in [9.17, 15) is 4.39 Å². The molecule has 0 unspecified atom stereocenters. The molecule has 2 aromatic carbocycles. The van der Waals surface area contributed by atoms with Gasteiger partial charge < -0.3 is 15.8 Å². The van der Waals surface area contributed by atoms with E-state index in [-0.39, 0.29) is 5.82 Å². The quantitative estimate of drug-likeness (QED) is 0.761. The molecular weight excluding hydrogens is 267 g/mol. The second kappa shape index (κ2) is 7.53. The van der Waals surface area contributed by atoms with Crippen LogP contribution in [0, 0.1) is 5.82 Å². The summed E-state index contributed by atoms with van der Waals surface area (Å²) in [5, 5.41) is 3.31. The van der Waals surface area contributed by atoms with Gasteiger partial charge in [-0.2, -0.15) is 0 Å². The number of hydrogen-bond donors (Lipinski definition) is 2. The topological polar surface area (TPSA) is 47.3 Å². The molecule has 0 spiro atoms. The molecule has 2 rings (SSSR count). The van der Waals surface area contributed by atoms with Crippen LogP contribution in [0.25, 0.3) is 0 Å². The van der Waals surface area contributed by atoms with Crippen LogP contribution < -0.4 is 15.8 Å². The van der Waals surface area contributed by atoms with Crippen molar-refractivity contribution in [3.63, 3.8) is 0 Å². The van der Waals surface area contributed by atoms with Crippen molar-refractivity contribution in [1.29, 1.82) is 0 Å². The number of nitrogen functional groups attached to an aromatic ring is 1. The highest BCUT2D eigenvalue weighted by Crippen LogP contribution is 2.22. The van der Waals surface area contributed by atoms with Gasteiger partial charge in [-0.15, -0.1) is 0 Å². The van der Waals surface area contributed by atoms with E-state index in [2.05, 4.69) is 12.2 Å². The fourth-order valence-corrected chi connectivity index (χ4v) is 2.03. The van der Waals surface area contributed by atoms with E-state index in [4.69, 9.17) is 10.5 Å². The van der Waals surface area contributed by atoms with Crippen LogP contribution in [0.2, 0.25) is 0 Å². The van der Waals surface area contributed by atoms with Crippen LogP contribution in [0.1, 0.15) is 18.9 Å². The first-order valence-electron chi connectivity index (χ1n) is 7.19. The largest absolute Gasteiger partial charge is 0.493 e. The molecule has 3 N–H and O–H groups in total. The molecule has 0 fully saturated rings. The second-order valence-electron chi connectivity index (χ2n) is 4.94. The molecular formula is C17H21FN2O. The number of anilines is 2. The maximum absolute atomic E-state index is 12.8. The Morgan fingerprint density at radius 3 is 2.62 bits per heavy atom. The molecule has 0 saturated heterocycles. The molecule has 0 aliphatic heterocycles. The molecule has 0 aromatic heterocycles. The van der Waals surface area contributed by atoms with E-state index in [0.29, 0.717) is 12.3 Å². The zero-order chi connectivity index (χ0) is 15.1. The molecule has 0 heterocycles. The van der Waals surface area contributed by atoms with Crippen LogP contribution in [0.3, 0.4) is 0 Å². The Kier molecular flexibility index (Phi) is 5.43. The van der Waals surface area contributed by atoms with Crippen molar-refractivity contribution in [2.24, 2.45) is 0 Å². The van der Waals surface area contributed by atoms with Crippen molar-refractivity contribution in [2.45, 2.75) is 19.8 Å². The van der Waals surface area contributed by atoms with Gasteiger partial charge in [0.15, 0.2) is 0 Å². The summed E-state index contributed by atoms with van der Waals surface area (Å²) >= 11 is 0. The summed E-state index contributed by atoms with van der Waals surface area (Å²) in [5.41, 5.74) is 8.57. The molecule has 4 heteroatoms. The molecule has 0 aliphatic rings. The van der Waals surface area contributed by atoms with Crippen LogP contribution in [0.5, 0.6) is 5.75 Å². The summed E-state index contributed by atoms with van der Waals surface area (Å²) in [6.07, 6.45) is 1.78. The third-order valence-electron chi connectivity index (χ3n) is 3.06. The van der Waals surface area contributed by atoms with Crippen LogP contribution in [-0.2, 0) is 6.42 Å². The zero-order valence-electron chi connectivity index (χ0n) is 12.2. The van der Waals surface area contributed by atoms with Gasteiger partial charge in [0, 0.05) is 30.1 Å². The number of nitrogens with one attached hydrogen (secondary N) is 1. The average Bonchev–Trinajstić information content (AvgIpc) is 2.47. The monoisotopic (exact) mass is 288 g/mol. The fraction of sp³-hybridized carbons (Fsp3) is 0.294. The van der Waals surface area contributed by atoms with Crippen molar-refractivity contribution in [2.75, 3.05) is 24.2 Å². The van der Waals surface area contributed by atoms with Crippen LogP contribution >= 0.6 is 0 Å². The van der Waals surface area contributed by atoms with E-state index in [1.54, 1.807) is 12.1 Å². The fourth-order valence-electron chi connectivity index (χ4n) is 2.03. The van der Waals surface area contributed by atoms with Crippen molar-refractivity contribution < 1.29 is 9.13 Å². The van der Waals surface area contributed by atoms with E-state index < -0.39 is 0 Å². The number of nitrogens with two attached hydrogens (primary N) is 1. The lowest BCUT2D eigenvalue weighted by atomic mass is 10.1. The SMILES string of the molecule is CCCOc1cc(N)cc(NCCc2ccc(F)cc2)c1. The molecule has 0 radical (unpaired) electrons. The van der Waals surface area contributed by atoms with E-state index in [1.807, 2.05) is 18.2 Å². The number of benzene rings is 2. The van der Waals surface area contributed by atoms with Gasteiger partial charge in [0.05, 0.1) is 6.61 Å². The van der Waals surface area contributed by atoms with E-state index in [1.165, 1.54) is 12.1 Å². The van der Waals surface area contributed by atoms with Crippen molar-refractivity contribution in [1.82, 2.24) is 0 Å².